The first kappa shape index (κ1) is 10.0. The Morgan fingerprint density at radius 2 is 2.33 bits per heavy atom. The van der Waals surface area contributed by atoms with Gasteiger partial charge in [-0.1, -0.05) is 19.9 Å². The summed E-state index contributed by atoms with van der Waals surface area (Å²) in [6, 6.07) is -0.732. The van der Waals surface area contributed by atoms with E-state index >= 15 is 0 Å². The largest absolute Gasteiger partial charge is 0.368 e. The van der Waals surface area contributed by atoms with Crippen molar-refractivity contribution in [3.05, 3.63) is 11.6 Å². The number of amides is 3. The minimum Gasteiger partial charge on any atom is -0.368 e. The molecule has 0 aromatic carbocycles. The second kappa shape index (κ2) is 3.25. The maximum absolute atomic E-state index is 11.5. The third-order valence-electron chi connectivity index (χ3n) is 2.98. The molecule has 1 saturated heterocycles. The fraction of sp³-hybridized carbons (Fsp3) is 0.600. The number of nitrogens with two attached hydrogens (primary N) is 1. The highest BCUT2D eigenvalue weighted by molar-refractivity contribution is 5.90. The molecule has 15 heavy (non-hydrogen) atoms. The summed E-state index contributed by atoms with van der Waals surface area (Å²) in [5, 5.41) is 2.84. The predicted octanol–water partition coefficient (Wildman–Crippen LogP) is -0.170. The number of carbonyl (C=O) groups is 2. The maximum Gasteiger partial charge on any atom is 0.318 e. The van der Waals surface area contributed by atoms with Gasteiger partial charge in [0.25, 0.3) is 0 Å². The van der Waals surface area contributed by atoms with Crippen LogP contribution in [-0.2, 0) is 4.79 Å². The molecule has 5 heteroatoms. The number of nitrogens with zero attached hydrogens (tertiary/aromatic N) is 1. The molecule has 0 aromatic rings. The Bertz CT molecular complexity index is 349. The fourth-order valence-electron chi connectivity index (χ4n) is 2.20. The van der Waals surface area contributed by atoms with Gasteiger partial charge >= 0.3 is 6.03 Å². The summed E-state index contributed by atoms with van der Waals surface area (Å²) in [6.07, 6.45) is 1.82. The highest BCUT2D eigenvalue weighted by Crippen LogP contribution is 2.27. The lowest BCUT2D eigenvalue weighted by Crippen LogP contribution is -2.47. The van der Waals surface area contributed by atoms with E-state index in [0.29, 0.717) is 12.5 Å². The highest BCUT2D eigenvalue weighted by atomic mass is 16.2. The van der Waals surface area contributed by atoms with E-state index in [1.165, 1.54) is 4.90 Å². The first-order valence-electron chi connectivity index (χ1n) is 5.08. The summed E-state index contributed by atoms with van der Waals surface area (Å²) in [7, 11) is 0. The molecule has 2 atom stereocenters. The Hall–Kier alpha value is -1.52. The molecule has 0 saturated carbocycles. The normalized spacial score (nSPS) is 29.1. The van der Waals surface area contributed by atoms with Crippen LogP contribution in [0, 0.1) is 5.92 Å². The molecule has 0 aromatic heterocycles. The maximum atomic E-state index is 11.5. The number of nitrogens with one attached hydrogen (secondary N) is 1. The van der Waals surface area contributed by atoms with Crippen LogP contribution in [-0.4, -0.2) is 35.5 Å². The van der Waals surface area contributed by atoms with Gasteiger partial charge in [0.2, 0.25) is 5.91 Å². The zero-order chi connectivity index (χ0) is 11.2. The van der Waals surface area contributed by atoms with Gasteiger partial charge in [0, 0.05) is 6.54 Å². The molecule has 0 unspecified atom stereocenters. The van der Waals surface area contributed by atoms with Gasteiger partial charge in [-0.3, -0.25) is 4.79 Å². The van der Waals surface area contributed by atoms with Crippen LogP contribution in [0.25, 0.3) is 0 Å². The van der Waals surface area contributed by atoms with Gasteiger partial charge in [-0.05, 0) is 11.5 Å². The van der Waals surface area contributed by atoms with Gasteiger partial charge in [-0.25, -0.2) is 4.79 Å². The van der Waals surface area contributed by atoms with E-state index in [2.05, 4.69) is 5.32 Å². The van der Waals surface area contributed by atoms with Gasteiger partial charge in [0.05, 0.1) is 6.04 Å². The van der Waals surface area contributed by atoms with E-state index in [4.69, 9.17) is 5.73 Å². The van der Waals surface area contributed by atoms with Crippen molar-refractivity contribution in [3.8, 4) is 0 Å². The average molecular weight is 209 g/mol. The van der Waals surface area contributed by atoms with Crippen LogP contribution in [0.4, 0.5) is 4.79 Å². The van der Waals surface area contributed by atoms with Crippen molar-refractivity contribution in [1.29, 1.82) is 0 Å². The van der Waals surface area contributed by atoms with Gasteiger partial charge in [-0.15, -0.1) is 0 Å². The lowest BCUT2D eigenvalue weighted by molar-refractivity contribution is -0.120. The van der Waals surface area contributed by atoms with Crippen molar-refractivity contribution in [3.63, 3.8) is 0 Å². The van der Waals surface area contributed by atoms with Gasteiger partial charge in [0.1, 0.15) is 6.04 Å². The Labute approximate surface area is 88.3 Å². The smallest absolute Gasteiger partial charge is 0.318 e. The van der Waals surface area contributed by atoms with E-state index in [9.17, 15) is 9.59 Å². The van der Waals surface area contributed by atoms with Crippen molar-refractivity contribution in [2.45, 2.75) is 25.9 Å². The van der Waals surface area contributed by atoms with Crippen LogP contribution < -0.4 is 11.1 Å². The van der Waals surface area contributed by atoms with Crippen LogP contribution in [0.15, 0.2) is 11.6 Å². The molecular weight excluding hydrogens is 194 g/mol. The van der Waals surface area contributed by atoms with Crippen LogP contribution in [0.3, 0.4) is 0 Å². The van der Waals surface area contributed by atoms with Crippen molar-refractivity contribution < 1.29 is 9.59 Å². The summed E-state index contributed by atoms with van der Waals surface area (Å²) in [5.41, 5.74) is 6.37. The van der Waals surface area contributed by atoms with Crippen molar-refractivity contribution >= 4 is 11.9 Å². The molecule has 2 aliphatic rings. The molecule has 5 nitrogen and oxygen atoms in total. The third kappa shape index (κ3) is 1.48. The molecular formula is C10H15N3O2. The monoisotopic (exact) mass is 209 g/mol. The van der Waals surface area contributed by atoms with Gasteiger partial charge < -0.3 is 16.0 Å². The summed E-state index contributed by atoms with van der Waals surface area (Å²) < 4.78 is 0. The van der Waals surface area contributed by atoms with E-state index in [1.54, 1.807) is 0 Å². The third-order valence-corrected chi connectivity index (χ3v) is 2.98. The molecule has 82 valence electrons. The molecule has 2 heterocycles. The van der Waals surface area contributed by atoms with Crippen LogP contribution in [0.5, 0.6) is 0 Å². The molecule has 3 N–H and O–H groups in total. The molecule has 0 radical (unpaired) electrons. The van der Waals surface area contributed by atoms with E-state index < -0.39 is 11.9 Å². The minimum atomic E-state index is -0.582. The van der Waals surface area contributed by atoms with Gasteiger partial charge in [0.15, 0.2) is 0 Å². The van der Waals surface area contributed by atoms with E-state index in [0.717, 1.165) is 5.57 Å². The Kier molecular flexibility index (Phi) is 2.17. The van der Waals surface area contributed by atoms with Crippen LogP contribution >= 0.6 is 0 Å². The summed E-state index contributed by atoms with van der Waals surface area (Å²) in [5.74, 6) is -0.152. The second-order valence-electron chi connectivity index (χ2n) is 4.32. The molecule has 0 aliphatic carbocycles. The lowest BCUT2D eigenvalue weighted by Gasteiger charge is -2.28. The van der Waals surface area contributed by atoms with Gasteiger partial charge in [-0.2, -0.15) is 0 Å². The first-order chi connectivity index (χ1) is 7.00. The first-order valence-corrected chi connectivity index (χ1v) is 5.08. The number of urea groups is 1. The zero-order valence-electron chi connectivity index (χ0n) is 8.86. The molecule has 2 rings (SSSR count). The topological polar surface area (TPSA) is 75.4 Å². The zero-order valence-corrected chi connectivity index (χ0v) is 8.86. The molecule has 0 spiro atoms. The predicted molar refractivity (Wildman–Crippen MR) is 54.9 cm³/mol. The fourth-order valence-corrected chi connectivity index (χ4v) is 2.20. The Morgan fingerprint density at radius 1 is 1.67 bits per heavy atom. The number of rotatable bonds is 2. The molecule has 3 amide bonds. The van der Waals surface area contributed by atoms with E-state index in [-0.39, 0.29) is 12.1 Å². The molecule has 2 bridgehead atoms. The lowest BCUT2D eigenvalue weighted by atomic mass is 9.91. The number of hydrogen-bond donors (Lipinski definition) is 2. The van der Waals surface area contributed by atoms with Crippen molar-refractivity contribution in [2.75, 3.05) is 6.54 Å². The number of primary amides is 1. The standard InChI is InChI=1S/C10H15N3O2/c1-5(2)6-3-8(9(11)14)13-4-7(6)12-10(13)15/h3,5,7-8H,4H2,1-2H3,(H2,11,14)(H,12,15)/t7-,8-/m0/s1. The molecule has 2 aliphatic heterocycles. The quantitative estimate of drug-likeness (QED) is 0.619. The van der Waals surface area contributed by atoms with Crippen molar-refractivity contribution in [1.82, 2.24) is 10.2 Å². The van der Waals surface area contributed by atoms with Crippen molar-refractivity contribution in [2.24, 2.45) is 11.7 Å². The summed E-state index contributed by atoms with van der Waals surface area (Å²) >= 11 is 0. The Balaban J connectivity index is 2.36. The number of hydrogen-bond acceptors (Lipinski definition) is 2. The van der Waals surface area contributed by atoms with Crippen LogP contribution in [0.1, 0.15) is 13.8 Å². The Morgan fingerprint density at radius 3 is 2.87 bits per heavy atom. The minimum absolute atomic E-state index is 0.0492. The SMILES string of the molecule is CC(C)C1=C[C@@H](C(N)=O)N2C[C@@H]1NC2=O. The van der Waals surface area contributed by atoms with Crippen LogP contribution in [0.2, 0.25) is 0 Å². The summed E-state index contributed by atoms with van der Waals surface area (Å²) in [6.45, 7) is 4.64. The number of carbonyl (C=O) groups excluding carboxylic acids is 2. The average Bonchev–Trinajstić information content (AvgIpc) is 2.43. The molecule has 1 fully saturated rings. The van der Waals surface area contributed by atoms with E-state index in [1.807, 2.05) is 19.9 Å². The number of fused-ring (bicyclic) bond motifs is 2. The second-order valence-corrected chi connectivity index (χ2v) is 4.32. The summed E-state index contributed by atoms with van der Waals surface area (Å²) in [4.78, 5) is 24.2. The highest BCUT2D eigenvalue weighted by Gasteiger charge is 2.41.